The third-order valence-electron chi connectivity index (χ3n) is 7.71. The lowest BCUT2D eigenvalue weighted by Gasteiger charge is -2.37. The zero-order valence-corrected chi connectivity index (χ0v) is 17.0. The monoisotopic (exact) mass is 404 g/mol. The summed E-state index contributed by atoms with van der Waals surface area (Å²) in [7, 11) is 0. The Morgan fingerprint density at radius 2 is 1.90 bits per heavy atom. The topological polar surface area (TPSA) is 120 Å². The van der Waals surface area contributed by atoms with E-state index in [1.165, 1.54) is 25.7 Å². The summed E-state index contributed by atoms with van der Waals surface area (Å²) in [5.74, 6) is 3.14. The van der Waals surface area contributed by atoms with Gasteiger partial charge in [-0.25, -0.2) is 4.98 Å². The Morgan fingerprint density at radius 3 is 2.60 bits per heavy atom. The number of nitrogens with two attached hydrogens (primary N) is 1. The van der Waals surface area contributed by atoms with E-state index in [0.717, 1.165) is 23.6 Å². The van der Waals surface area contributed by atoms with Crippen molar-refractivity contribution in [2.24, 2.45) is 28.9 Å². The van der Waals surface area contributed by atoms with Crippen LogP contribution in [0.25, 0.3) is 0 Å². The minimum absolute atomic E-state index is 0.00617. The van der Waals surface area contributed by atoms with Gasteiger partial charge in [0, 0.05) is 19.1 Å². The molecule has 30 heavy (non-hydrogen) atoms. The number of aromatic nitrogens is 2. The molecule has 7 heteroatoms. The molecule has 5 atom stereocenters. The second-order valence-corrected chi connectivity index (χ2v) is 9.24. The fourth-order valence-corrected chi connectivity index (χ4v) is 6.22. The Morgan fingerprint density at radius 1 is 1.17 bits per heavy atom. The van der Waals surface area contributed by atoms with Crippen LogP contribution in [0.15, 0.2) is 30.5 Å². The van der Waals surface area contributed by atoms with Crippen molar-refractivity contribution in [3.05, 3.63) is 47.2 Å². The van der Waals surface area contributed by atoms with Crippen LogP contribution in [0.1, 0.15) is 42.4 Å². The third kappa shape index (κ3) is 3.21. The van der Waals surface area contributed by atoms with Gasteiger partial charge in [-0.3, -0.25) is 0 Å². The van der Waals surface area contributed by atoms with Crippen LogP contribution in [-0.2, 0) is 13.2 Å². The molecule has 5 N–H and O–H groups in total. The molecule has 6 rings (SSSR count). The Kier molecular flexibility index (Phi) is 4.84. The molecule has 156 valence electrons. The lowest BCUT2D eigenvalue weighted by atomic mass is 9.73. The molecule has 1 aromatic heterocycles. The Bertz CT molecular complexity index is 970. The first-order valence-electron chi connectivity index (χ1n) is 10.8. The number of benzene rings is 1. The van der Waals surface area contributed by atoms with Gasteiger partial charge in [-0.15, -0.1) is 0 Å². The molecule has 4 saturated carbocycles. The minimum atomic E-state index is -0.00617. The molecule has 7 nitrogen and oxygen atoms in total. The largest absolute Gasteiger partial charge is 0.392 e. The van der Waals surface area contributed by atoms with Gasteiger partial charge < -0.3 is 21.5 Å². The Labute approximate surface area is 176 Å². The quantitative estimate of drug-likeness (QED) is 0.560. The molecule has 4 fully saturated rings. The van der Waals surface area contributed by atoms with Crippen LogP contribution in [0, 0.1) is 34.5 Å². The second kappa shape index (κ2) is 7.53. The van der Waals surface area contributed by atoms with Crippen molar-refractivity contribution in [1.29, 1.82) is 5.26 Å². The number of nitriles is 1. The van der Waals surface area contributed by atoms with Crippen LogP contribution in [0.2, 0.25) is 0 Å². The number of hydrogen-bond donors (Lipinski definition) is 4. The predicted molar refractivity (Wildman–Crippen MR) is 114 cm³/mol. The van der Waals surface area contributed by atoms with Crippen LogP contribution >= 0.6 is 0 Å². The van der Waals surface area contributed by atoms with E-state index in [1.807, 2.05) is 24.3 Å². The number of nitrogens with zero attached hydrogens (tertiary/aromatic N) is 3. The van der Waals surface area contributed by atoms with Crippen molar-refractivity contribution in [3.8, 4) is 6.07 Å². The normalized spacial score (nSPS) is 31.0. The van der Waals surface area contributed by atoms with Gasteiger partial charge in [0.2, 0.25) is 5.95 Å². The molecule has 2 aromatic rings. The third-order valence-corrected chi connectivity index (χ3v) is 7.71. The highest BCUT2D eigenvalue weighted by atomic mass is 16.3. The molecule has 0 radical (unpaired) electrons. The van der Waals surface area contributed by atoms with Crippen LogP contribution < -0.4 is 16.4 Å². The van der Waals surface area contributed by atoms with Crippen molar-refractivity contribution in [3.63, 3.8) is 0 Å². The summed E-state index contributed by atoms with van der Waals surface area (Å²) in [6.45, 7) is 1.35. The van der Waals surface area contributed by atoms with Gasteiger partial charge in [-0.2, -0.15) is 10.2 Å². The number of nitrogens with one attached hydrogen (secondary N) is 2. The maximum Gasteiger partial charge on any atom is 0.224 e. The fourth-order valence-electron chi connectivity index (χ4n) is 6.22. The highest BCUT2D eigenvalue weighted by molar-refractivity contribution is 5.53. The molecule has 1 heterocycles. The number of aliphatic hydroxyl groups is 1. The lowest BCUT2D eigenvalue weighted by Crippen LogP contribution is -2.42. The zero-order valence-electron chi connectivity index (χ0n) is 17.0. The van der Waals surface area contributed by atoms with E-state index in [4.69, 9.17) is 5.73 Å². The van der Waals surface area contributed by atoms with Crippen molar-refractivity contribution in [1.82, 2.24) is 9.97 Å². The molecule has 4 bridgehead atoms. The molecule has 0 aliphatic heterocycles. The Balaban J connectivity index is 1.29. The maximum atomic E-state index is 9.51. The second-order valence-electron chi connectivity index (χ2n) is 9.24. The number of rotatable bonds is 7. The summed E-state index contributed by atoms with van der Waals surface area (Å²) >= 11 is 0. The smallest absolute Gasteiger partial charge is 0.224 e. The standard InChI is InChI=1S/C23H28N6O/c24-9-18-11-27-22(26-10-14-3-1-2-4-15(14)12-30)29-21(18)28-13-23-7-16-5-19(23)6-17(8-23)20(16)25/h1-4,11,16-17,19-20,30H,5-8,10,12-13,25H2,(H2,26,27,28,29)/t16-,17+,19+,20-,23?. The average Bonchev–Trinajstić information content (AvgIpc) is 3.24. The van der Waals surface area contributed by atoms with E-state index in [1.54, 1.807) is 6.20 Å². The molecule has 1 unspecified atom stereocenters. The molecule has 1 aromatic carbocycles. The molecule has 0 amide bonds. The summed E-state index contributed by atoms with van der Waals surface area (Å²) in [6.07, 6.45) is 6.47. The fraction of sp³-hybridized carbons (Fsp3) is 0.522. The van der Waals surface area contributed by atoms with E-state index in [2.05, 4.69) is 26.7 Å². The number of hydrogen-bond acceptors (Lipinski definition) is 7. The first-order valence-corrected chi connectivity index (χ1v) is 10.8. The van der Waals surface area contributed by atoms with Gasteiger partial charge in [-0.05, 0) is 60.0 Å². The van der Waals surface area contributed by atoms with Gasteiger partial charge in [0.05, 0.1) is 12.8 Å². The van der Waals surface area contributed by atoms with E-state index < -0.39 is 0 Å². The first kappa shape index (κ1) is 19.3. The van der Waals surface area contributed by atoms with Crippen molar-refractivity contribution in [2.75, 3.05) is 17.2 Å². The van der Waals surface area contributed by atoms with Crippen molar-refractivity contribution >= 4 is 11.8 Å². The zero-order chi connectivity index (χ0) is 20.7. The van der Waals surface area contributed by atoms with E-state index >= 15 is 0 Å². The van der Waals surface area contributed by atoms with Crippen LogP contribution in [-0.4, -0.2) is 27.7 Å². The summed E-state index contributed by atoms with van der Waals surface area (Å²) < 4.78 is 0. The SMILES string of the molecule is N#Cc1cnc(NCc2ccccc2CO)nc1NCC12C[C@H]3C[C@H]1C[C@@H](C2)[C@@H]3N. The highest BCUT2D eigenvalue weighted by Gasteiger charge is 2.60. The average molecular weight is 405 g/mol. The van der Waals surface area contributed by atoms with E-state index in [0.29, 0.717) is 47.2 Å². The Hall–Kier alpha value is -2.69. The first-order chi connectivity index (χ1) is 14.6. The van der Waals surface area contributed by atoms with E-state index in [9.17, 15) is 10.4 Å². The highest BCUT2D eigenvalue weighted by Crippen LogP contribution is 2.64. The molecule has 0 saturated heterocycles. The molecule has 0 spiro atoms. The maximum absolute atomic E-state index is 9.51. The molecule has 4 aliphatic carbocycles. The van der Waals surface area contributed by atoms with Gasteiger partial charge in [0.1, 0.15) is 17.5 Å². The molecular weight excluding hydrogens is 376 g/mol. The van der Waals surface area contributed by atoms with Gasteiger partial charge in [0.15, 0.2) is 0 Å². The summed E-state index contributed by atoms with van der Waals surface area (Å²) in [5, 5.41) is 25.7. The summed E-state index contributed by atoms with van der Waals surface area (Å²) in [4.78, 5) is 8.88. The summed E-state index contributed by atoms with van der Waals surface area (Å²) in [6, 6.07) is 10.3. The minimum Gasteiger partial charge on any atom is -0.392 e. The van der Waals surface area contributed by atoms with Crippen LogP contribution in [0.3, 0.4) is 0 Å². The van der Waals surface area contributed by atoms with Gasteiger partial charge >= 0.3 is 0 Å². The van der Waals surface area contributed by atoms with Crippen molar-refractivity contribution in [2.45, 2.75) is 44.9 Å². The predicted octanol–water partition coefficient (Wildman–Crippen LogP) is 2.63. The van der Waals surface area contributed by atoms with E-state index in [-0.39, 0.29) is 6.61 Å². The summed E-state index contributed by atoms with van der Waals surface area (Å²) in [5.41, 5.74) is 9.06. The van der Waals surface area contributed by atoms with Crippen LogP contribution in [0.5, 0.6) is 0 Å². The number of anilines is 2. The van der Waals surface area contributed by atoms with Crippen LogP contribution in [0.4, 0.5) is 11.8 Å². The van der Waals surface area contributed by atoms with Crippen molar-refractivity contribution < 1.29 is 5.11 Å². The number of aliphatic hydroxyl groups excluding tert-OH is 1. The van der Waals surface area contributed by atoms with Gasteiger partial charge in [0.25, 0.3) is 0 Å². The van der Waals surface area contributed by atoms with Gasteiger partial charge in [-0.1, -0.05) is 24.3 Å². The molecule has 4 aliphatic rings. The molecular formula is C23H28N6O. The lowest BCUT2D eigenvalue weighted by molar-refractivity contribution is 0.188.